The van der Waals surface area contributed by atoms with Crippen LogP contribution in [0.4, 0.5) is 0 Å². The molecule has 0 bridgehead atoms. The van der Waals surface area contributed by atoms with Crippen molar-refractivity contribution in [3.8, 4) is 5.75 Å². The lowest BCUT2D eigenvalue weighted by atomic mass is 10.1. The molecule has 0 saturated heterocycles. The van der Waals surface area contributed by atoms with Gasteiger partial charge in [-0.1, -0.05) is 18.6 Å². The lowest BCUT2D eigenvalue weighted by molar-refractivity contribution is 0.110. The van der Waals surface area contributed by atoms with Crippen LogP contribution in [-0.4, -0.2) is 53.6 Å². The van der Waals surface area contributed by atoms with Gasteiger partial charge in [0.25, 0.3) is 0 Å². The molecule has 8 heteroatoms. The van der Waals surface area contributed by atoms with Crippen molar-refractivity contribution in [2.24, 2.45) is 4.99 Å². The van der Waals surface area contributed by atoms with Crippen LogP contribution in [0.1, 0.15) is 55.9 Å². The molecule has 32 heavy (non-hydrogen) atoms. The van der Waals surface area contributed by atoms with E-state index in [1.165, 1.54) is 24.8 Å². The number of aryl methyl sites for hydroxylation is 2. The maximum atomic E-state index is 5.95. The molecule has 0 fully saturated rings. The Kier molecular flexibility index (Phi) is 9.81. The molecule has 1 aromatic carbocycles. The number of aromatic nitrogens is 3. The van der Waals surface area contributed by atoms with Gasteiger partial charge in [-0.3, -0.25) is 0 Å². The number of ether oxygens (including phenoxy) is 2. The molecular formula is C24H38N6O2. The highest BCUT2D eigenvalue weighted by Crippen LogP contribution is 2.21. The van der Waals surface area contributed by atoms with Crippen molar-refractivity contribution in [3.63, 3.8) is 0 Å². The highest BCUT2D eigenvalue weighted by Gasteiger charge is 2.14. The van der Waals surface area contributed by atoms with Gasteiger partial charge in [-0.2, -0.15) is 0 Å². The zero-order chi connectivity index (χ0) is 22.6. The van der Waals surface area contributed by atoms with Crippen LogP contribution in [0.2, 0.25) is 0 Å². The molecule has 0 spiro atoms. The van der Waals surface area contributed by atoms with Gasteiger partial charge in [0.15, 0.2) is 5.96 Å². The monoisotopic (exact) mass is 442 g/mol. The Labute approximate surface area is 191 Å². The Balaban J connectivity index is 1.57. The number of hydrogen-bond donors (Lipinski definition) is 2. The zero-order valence-electron chi connectivity index (χ0n) is 19.8. The van der Waals surface area contributed by atoms with Crippen molar-refractivity contribution in [2.45, 2.75) is 66.0 Å². The van der Waals surface area contributed by atoms with E-state index in [9.17, 15) is 0 Å². The number of rotatable bonds is 11. The second-order valence-corrected chi connectivity index (χ2v) is 8.02. The molecule has 2 N–H and O–H groups in total. The van der Waals surface area contributed by atoms with Crippen LogP contribution < -0.4 is 15.4 Å². The normalized spacial score (nSPS) is 14.0. The van der Waals surface area contributed by atoms with E-state index in [1.807, 2.05) is 6.92 Å². The highest BCUT2D eigenvalue weighted by atomic mass is 16.5. The van der Waals surface area contributed by atoms with Crippen LogP contribution in [0.15, 0.2) is 23.2 Å². The predicted molar refractivity (Wildman–Crippen MR) is 127 cm³/mol. The second-order valence-electron chi connectivity index (χ2n) is 8.02. The summed E-state index contributed by atoms with van der Waals surface area (Å²) in [6.45, 7) is 11.1. The van der Waals surface area contributed by atoms with Crippen LogP contribution in [0.25, 0.3) is 0 Å². The summed E-state index contributed by atoms with van der Waals surface area (Å²) in [6.07, 6.45) is 5.56. The topological polar surface area (TPSA) is 85.6 Å². The minimum atomic E-state index is 0.537. The van der Waals surface area contributed by atoms with Gasteiger partial charge >= 0.3 is 0 Å². The van der Waals surface area contributed by atoms with Gasteiger partial charge in [0.2, 0.25) is 0 Å². The fourth-order valence-electron chi connectivity index (χ4n) is 3.81. The van der Waals surface area contributed by atoms with Gasteiger partial charge in [0, 0.05) is 44.6 Å². The van der Waals surface area contributed by atoms with Crippen LogP contribution >= 0.6 is 0 Å². The number of hydrogen-bond acceptors (Lipinski definition) is 5. The fraction of sp³-hybridized carbons (Fsp3) is 0.625. The smallest absolute Gasteiger partial charge is 0.191 e. The molecule has 0 aliphatic carbocycles. The first kappa shape index (κ1) is 24.0. The molecular weight excluding hydrogens is 404 g/mol. The standard InChI is InChI=1S/C24H38N6O2/c1-4-25-24(26-13-12-23-29-28-22-9-7-6-8-14-30(22)23)27-18-20-11-10-19(3)17-21(20)32-16-15-31-5-2/h10-11,17H,4-9,12-16,18H2,1-3H3,(H2,25,26,27). The van der Waals surface area contributed by atoms with Crippen LogP contribution in [0.5, 0.6) is 5.75 Å². The number of nitrogens with one attached hydrogen (secondary N) is 2. The molecule has 1 aromatic heterocycles. The molecule has 0 saturated carbocycles. The molecule has 0 atom stereocenters. The molecule has 1 aliphatic heterocycles. The summed E-state index contributed by atoms with van der Waals surface area (Å²) >= 11 is 0. The Morgan fingerprint density at radius 1 is 1.12 bits per heavy atom. The van der Waals surface area contributed by atoms with Crippen molar-refractivity contribution in [1.29, 1.82) is 0 Å². The van der Waals surface area contributed by atoms with E-state index in [2.05, 4.69) is 57.4 Å². The lowest BCUT2D eigenvalue weighted by Crippen LogP contribution is -2.38. The van der Waals surface area contributed by atoms with Crippen LogP contribution in [0.3, 0.4) is 0 Å². The average Bonchev–Trinajstić information content (AvgIpc) is 3.01. The Morgan fingerprint density at radius 2 is 2.03 bits per heavy atom. The minimum absolute atomic E-state index is 0.537. The number of fused-ring (bicyclic) bond motifs is 1. The maximum Gasteiger partial charge on any atom is 0.191 e. The zero-order valence-corrected chi connectivity index (χ0v) is 19.8. The van der Waals surface area contributed by atoms with Gasteiger partial charge in [0.05, 0.1) is 13.2 Å². The van der Waals surface area contributed by atoms with Gasteiger partial charge in [-0.05, 0) is 45.2 Å². The lowest BCUT2D eigenvalue weighted by Gasteiger charge is -2.14. The summed E-state index contributed by atoms with van der Waals surface area (Å²) in [4.78, 5) is 4.78. The molecule has 2 aromatic rings. The third-order valence-corrected chi connectivity index (χ3v) is 5.49. The van der Waals surface area contributed by atoms with Crippen LogP contribution in [-0.2, 0) is 30.7 Å². The van der Waals surface area contributed by atoms with E-state index in [-0.39, 0.29) is 0 Å². The third kappa shape index (κ3) is 7.22. The van der Waals surface area contributed by atoms with Gasteiger partial charge in [-0.15, -0.1) is 10.2 Å². The molecule has 2 heterocycles. The Hall–Kier alpha value is -2.61. The van der Waals surface area contributed by atoms with E-state index < -0.39 is 0 Å². The number of nitrogens with zero attached hydrogens (tertiary/aromatic N) is 4. The summed E-state index contributed by atoms with van der Waals surface area (Å²) in [5, 5.41) is 15.6. The average molecular weight is 443 g/mol. The highest BCUT2D eigenvalue weighted by molar-refractivity contribution is 5.79. The van der Waals surface area contributed by atoms with Crippen molar-refractivity contribution in [3.05, 3.63) is 41.0 Å². The van der Waals surface area contributed by atoms with E-state index in [4.69, 9.17) is 14.5 Å². The van der Waals surface area contributed by atoms with Gasteiger partial charge < -0.3 is 24.7 Å². The first-order chi connectivity index (χ1) is 15.7. The van der Waals surface area contributed by atoms with Crippen molar-refractivity contribution in [1.82, 2.24) is 25.4 Å². The second kappa shape index (κ2) is 13.1. The molecule has 8 nitrogen and oxygen atoms in total. The number of guanidine groups is 1. The number of benzene rings is 1. The summed E-state index contributed by atoms with van der Waals surface area (Å²) in [7, 11) is 0. The molecule has 1 aliphatic rings. The van der Waals surface area contributed by atoms with E-state index in [1.54, 1.807) is 0 Å². The summed E-state index contributed by atoms with van der Waals surface area (Å²) in [5.74, 6) is 3.86. The summed E-state index contributed by atoms with van der Waals surface area (Å²) in [6, 6.07) is 6.25. The summed E-state index contributed by atoms with van der Waals surface area (Å²) in [5.41, 5.74) is 2.23. The quantitative estimate of drug-likeness (QED) is 0.316. The predicted octanol–water partition coefficient (Wildman–Crippen LogP) is 3.03. The molecule has 3 rings (SSSR count). The van der Waals surface area contributed by atoms with E-state index in [0.29, 0.717) is 26.4 Å². The Bertz CT molecular complexity index is 864. The van der Waals surface area contributed by atoms with Gasteiger partial charge in [-0.25, -0.2) is 4.99 Å². The SMILES string of the molecule is CCNC(=NCc1ccc(C)cc1OCCOCC)NCCc1nnc2n1CCCCC2. The molecule has 0 unspecified atom stereocenters. The maximum absolute atomic E-state index is 5.95. The van der Waals surface area contributed by atoms with Crippen molar-refractivity contribution >= 4 is 5.96 Å². The fourth-order valence-corrected chi connectivity index (χ4v) is 3.81. The minimum Gasteiger partial charge on any atom is -0.491 e. The number of aliphatic imine (C=N–C) groups is 1. The first-order valence-corrected chi connectivity index (χ1v) is 11.9. The van der Waals surface area contributed by atoms with E-state index in [0.717, 1.165) is 61.4 Å². The molecule has 0 radical (unpaired) electrons. The van der Waals surface area contributed by atoms with Crippen molar-refractivity contribution in [2.75, 3.05) is 32.9 Å². The Morgan fingerprint density at radius 3 is 2.88 bits per heavy atom. The van der Waals surface area contributed by atoms with E-state index >= 15 is 0 Å². The molecule has 176 valence electrons. The largest absolute Gasteiger partial charge is 0.491 e. The van der Waals surface area contributed by atoms with Crippen LogP contribution in [0, 0.1) is 6.92 Å². The molecule has 0 amide bonds. The first-order valence-electron chi connectivity index (χ1n) is 11.9. The summed E-state index contributed by atoms with van der Waals surface area (Å²) < 4.78 is 13.6. The third-order valence-electron chi connectivity index (χ3n) is 5.49. The van der Waals surface area contributed by atoms with Crippen molar-refractivity contribution < 1.29 is 9.47 Å². The van der Waals surface area contributed by atoms with Gasteiger partial charge in [0.1, 0.15) is 24.0 Å².